The summed E-state index contributed by atoms with van der Waals surface area (Å²) >= 11 is 1.40. The van der Waals surface area contributed by atoms with E-state index < -0.39 is 0 Å². The molecule has 1 atom stereocenters. The Kier molecular flexibility index (Phi) is 4.05. The Morgan fingerprint density at radius 3 is 2.86 bits per heavy atom. The Labute approximate surface area is 166 Å². The molecule has 3 aromatic heterocycles. The first-order chi connectivity index (χ1) is 13.6. The van der Waals surface area contributed by atoms with Gasteiger partial charge in [0, 0.05) is 6.54 Å². The number of rotatable bonds is 3. The molecular formula is C21H20N4O2S. The molecule has 7 heteroatoms. The molecular weight excluding hydrogens is 372 g/mol. The number of amides is 1. The molecule has 0 bridgehead atoms. The number of H-pyrrole nitrogens is 1. The summed E-state index contributed by atoms with van der Waals surface area (Å²) in [7, 11) is 0. The van der Waals surface area contributed by atoms with Crippen LogP contribution in [0.4, 0.5) is 0 Å². The molecule has 0 saturated carbocycles. The number of nitrogens with one attached hydrogen (secondary N) is 1. The van der Waals surface area contributed by atoms with Crippen molar-refractivity contribution >= 4 is 28.3 Å². The third-order valence-electron chi connectivity index (χ3n) is 5.18. The predicted octanol–water partition coefficient (Wildman–Crippen LogP) is 4.87. The number of aromatic nitrogens is 3. The van der Waals surface area contributed by atoms with Crippen LogP contribution in [0.25, 0.3) is 21.8 Å². The molecule has 4 aromatic rings. The molecule has 1 fully saturated rings. The van der Waals surface area contributed by atoms with Crippen LogP contribution in [0, 0.1) is 13.8 Å². The lowest BCUT2D eigenvalue weighted by Crippen LogP contribution is -2.31. The molecule has 5 rings (SSSR count). The van der Waals surface area contributed by atoms with Crippen molar-refractivity contribution in [3.63, 3.8) is 0 Å². The quantitative estimate of drug-likeness (QED) is 0.539. The van der Waals surface area contributed by atoms with Gasteiger partial charge in [0.2, 0.25) is 0 Å². The maximum Gasteiger partial charge on any atom is 0.266 e. The minimum Gasteiger partial charge on any atom is -0.459 e. The smallest absolute Gasteiger partial charge is 0.266 e. The maximum absolute atomic E-state index is 13.3. The minimum atomic E-state index is -0.0318. The van der Waals surface area contributed by atoms with Crippen molar-refractivity contribution in [2.75, 3.05) is 6.54 Å². The first-order valence-corrected chi connectivity index (χ1v) is 10.2. The monoisotopic (exact) mass is 392 g/mol. The number of carbonyl (C=O) groups is 1. The van der Waals surface area contributed by atoms with Crippen LogP contribution in [0.15, 0.2) is 40.8 Å². The van der Waals surface area contributed by atoms with Gasteiger partial charge in [0.1, 0.15) is 16.5 Å². The van der Waals surface area contributed by atoms with E-state index in [2.05, 4.69) is 9.97 Å². The third-order valence-corrected chi connectivity index (χ3v) is 6.34. The van der Waals surface area contributed by atoms with Gasteiger partial charge >= 0.3 is 0 Å². The van der Waals surface area contributed by atoms with E-state index >= 15 is 0 Å². The summed E-state index contributed by atoms with van der Waals surface area (Å²) in [6, 6.07) is 11.7. The minimum absolute atomic E-state index is 0.0208. The molecule has 0 aliphatic carbocycles. The zero-order valence-corrected chi connectivity index (χ0v) is 16.5. The number of furan rings is 1. The van der Waals surface area contributed by atoms with Gasteiger partial charge in [-0.15, -0.1) is 11.3 Å². The molecule has 1 saturated heterocycles. The maximum atomic E-state index is 13.3. The lowest BCUT2D eigenvalue weighted by molar-refractivity contribution is 0.0734. The summed E-state index contributed by atoms with van der Waals surface area (Å²) in [5, 5.41) is 0.744. The van der Waals surface area contributed by atoms with Crippen molar-refractivity contribution in [3.05, 3.63) is 58.6 Å². The van der Waals surface area contributed by atoms with Crippen molar-refractivity contribution in [1.82, 2.24) is 19.9 Å². The van der Waals surface area contributed by atoms with Crippen molar-refractivity contribution in [2.24, 2.45) is 0 Å². The second-order valence-electron chi connectivity index (χ2n) is 7.14. The SMILES string of the molecule is Cc1ccc(-c2nc(C)c(C(=O)N3CCCC3c3nc4ccccc4[nH]3)s2)o1. The Balaban J connectivity index is 1.46. The molecule has 142 valence electrons. The van der Waals surface area contributed by atoms with Crippen molar-refractivity contribution in [2.45, 2.75) is 32.7 Å². The lowest BCUT2D eigenvalue weighted by Gasteiger charge is -2.22. The number of thiazole rings is 1. The fraction of sp³-hybridized carbons (Fsp3) is 0.286. The molecule has 6 nitrogen and oxygen atoms in total. The summed E-state index contributed by atoms with van der Waals surface area (Å²) < 4.78 is 5.68. The Morgan fingerprint density at radius 1 is 1.21 bits per heavy atom. The van der Waals surface area contributed by atoms with Gasteiger partial charge in [-0.1, -0.05) is 12.1 Å². The Bertz CT molecular complexity index is 1140. The second kappa shape index (κ2) is 6.60. The van der Waals surface area contributed by atoms with Gasteiger partial charge < -0.3 is 14.3 Å². The van der Waals surface area contributed by atoms with E-state index in [4.69, 9.17) is 9.40 Å². The van der Waals surface area contributed by atoms with Crippen LogP contribution in [0.2, 0.25) is 0 Å². The molecule has 1 aromatic carbocycles. The van der Waals surface area contributed by atoms with E-state index in [1.165, 1.54) is 11.3 Å². The summed E-state index contributed by atoms with van der Waals surface area (Å²) in [6.45, 7) is 4.51. The molecule has 1 aliphatic rings. The highest BCUT2D eigenvalue weighted by Crippen LogP contribution is 2.36. The number of nitrogens with zero attached hydrogens (tertiary/aromatic N) is 3. The second-order valence-corrected chi connectivity index (χ2v) is 8.14. The highest BCUT2D eigenvalue weighted by molar-refractivity contribution is 7.17. The van der Waals surface area contributed by atoms with Crippen LogP contribution in [-0.4, -0.2) is 32.3 Å². The number of benzene rings is 1. The van der Waals surface area contributed by atoms with Crippen LogP contribution >= 0.6 is 11.3 Å². The van der Waals surface area contributed by atoms with Crippen molar-refractivity contribution in [3.8, 4) is 10.8 Å². The zero-order chi connectivity index (χ0) is 19.3. The number of likely N-dealkylation sites (tertiary alicyclic amines) is 1. The number of fused-ring (bicyclic) bond motifs is 1. The van der Waals surface area contributed by atoms with Crippen molar-refractivity contribution in [1.29, 1.82) is 0 Å². The average Bonchev–Trinajstić information content (AvgIpc) is 3.46. The van der Waals surface area contributed by atoms with Gasteiger partial charge in [-0.05, 0) is 51.0 Å². The van der Waals surface area contributed by atoms with Gasteiger partial charge in [-0.2, -0.15) is 0 Å². The lowest BCUT2D eigenvalue weighted by atomic mass is 10.2. The number of hydrogen-bond donors (Lipinski definition) is 1. The van der Waals surface area contributed by atoms with Crippen LogP contribution in [0.3, 0.4) is 0 Å². The van der Waals surface area contributed by atoms with E-state index in [0.29, 0.717) is 10.6 Å². The number of imidazole rings is 1. The van der Waals surface area contributed by atoms with E-state index in [1.54, 1.807) is 0 Å². The summed E-state index contributed by atoms with van der Waals surface area (Å²) in [6.07, 6.45) is 1.88. The fourth-order valence-corrected chi connectivity index (χ4v) is 4.79. The molecule has 0 radical (unpaired) electrons. The molecule has 1 N–H and O–H groups in total. The highest BCUT2D eigenvalue weighted by Gasteiger charge is 2.34. The van der Waals surface area contributed by atoms with E-state index in [9.17, 15) is 4.79 Å². The number of aromatic amines is 1. The number of aryl methyl sites for hydroxylation is 2. The predicted molar refractivity (Wildman–Crippen MR) is 108 cm³/mol. The van der Waals surface area contributed by atoms with E-state index in [1.807, 2.05) is 55.1 Å². The number of hydrogen-bond acceptors (Lipinski definition) is 5. The highest BCUT2D eigenvalue weighted by atomic mass is 32.1. The Hall–Kier alpha value is -2.93. The van der Waals surface area contributed by atoms with Crippen LogP contribution in [-0.2, 0) is 0 Å². The van der Waals surface area contributed by atoms with Gasteiger partial charge in [0.05, 0.1) is 22.8 Å². The van der Waals surface area contributed by atoms with E-state index in [-0.39, 0.29) is 11.9 Å². The first-order valence-electron chi connectivity index (χ1n) is 9.40. The average molecular weight is 392 g/mol. The normalized spacial score (nSPS) is 16.9. The molecule has 0 spiro atoms. The number of para-hydroxylation sites is 2. The van der Waals surface area contributed by atoms with Gasteiger partial charge in [0.15, 0.2) is 10.8 Å². The van der Waals surface area contributed by atoms with Crippen LogP contribution in [0.5, 0.6) is 0 Å². The van der Waals surface area contributed by atoms with Gasteiger partial charge in [-0.25, -0.2) is 9.97 Å². The van der Waals surface area contributed by atoms with Crippen LogP contribution < -0.4 is 0 Å². The zero-order valence-electron chi connectivity index (χ0n) is 15.7. The first kappa shape index (κ1) is 17.2. The summed E-state index contributed by atoms with van der Waals surface area (Å²) in [5.74, 6) is 2.42. The topological polar surface area (TPSA) is 75.0 Å². The third kappa shape index (κ3) is 2.82. The molecule has 1 aliphatic heterocycles. The van der Waals surface area contributed by atoms with Crippen molar-refractivity contribution < 1.29 is 9.21 Å². The summed E-state index contributed by atoms with van der Waals surface area (Å²) in [4.78, 5) is 28.6. The molecule has 1 unspecified atom stereocenters. The fourth-order valence-electron chi connectivity index (χ4n) is 3.80. The molecule has 4 heterocycles. The largest absolute Gasteiger partial charge is 0.459 e. The standard InChI is InChI=1S/C21H20N4O2S/c1-12-9-10-17(27-12)20-22-13(2)18(28-20)21(26)25-11-5-8-16(25)19-23-14-6-3-4-7-15(14)24-19/h3-4,6-7,9-10,16H,5,8,11H2,1-2H3,(H,23,24). The van der Waals surface area contributed by atoms with Gasteiger partial charge in [0.25, 0.3) is 5.91 Å². The molecule has 28 heavy (non-hydrogen) atoms. The Morgan fingerprint density at radius 2 is 2.07 bits per heavy atom. The number of carbonyl (C=O) groups excluding carboxylic acids is 1. The van der Waals surface area contributed by atoms with Gasteiger partial charge in [-0.3, -0.25) is 4.79 Å². The van der Waals surface area contributed by atoms with Crippen LogP contribution in [0.1, 0.15) is 45.8 Å². The summed E-state index contributed by atoms with van der Waals surface area (Å²) in [5.41, 5.74) is 2.68. The molecule has 1 amide bonds. The van der Waals surface area contributed by atoms with E-state index in [0.717, 1.165) is 52.7 Å².